The molecule has 240 valence electrons. The minimum Gasteiger partial charge on any atom is -0.462 e. The fourth-order valence-corrected chi connectivity index (χ4v) is 7.13. The molecule has 11 nitrogen and oxygen atoms in total. The molecule has 11 heteroatoms. The zero-order valence-electron chi connectivity index (χ0n) is 24.9. The van der Waals surface area contributed by atoms with Gasteiger partial charge in [-0.05, 0) is 11.5 Å². The molecule has 2 heterocycles. The van der Waals surface area contributed by atoms with Crippen LogP contribution in [-0.4, -0.2) is 122 Å². The third-order valence-electron chi connectivity index (χ3n) is 9.21. The molecule has 0 aromatic heterocycles. The summed E-state index contributed by atoms with van der Waals surface area (Å²) in [6, 6.07) is 0. The summed E-state index contributed by atoms with van der Waals surface area (Å²) in [4.78, 5) is 11.1. The van der Waals surface area contributed by atoms with Crippen LogP contribution in [0.5, 0.6) is 0 Å². The lowest BCUT2D eigenvalue weighted by Crippen LogP contribution is -2.26. The highest BCUT2D eigenvalue weighted by Crippen LogP contribution is 2.44. The molecule has 12 atom stereocenters. The Balaban J connectivity index is 0.000000213. The molecule has 0 aromatic rings. The Morgan fingerprint density at radius 3 is 1.83 bits per heavy atom. The molecule has 0 radical (unpaired) electrons. The Labute approximate surface area is 245 Å². The van der Waals surface area contributed by atoms with Crippen molar-refractivity contribution in [2.75, 3.05) is 62.5 Å². The van der Waals surface area contributed by atoms with E-state index in [1.807, 2.05) is 0 Å². The van der Waals surface area contributed by atoms with Crippen LogP contribution >= 0.6 is 0 Å². The van der Waals surface area contributed by atoms with Crippen molar-refractivity contribution in [2.45, 2.75) is 82.4 Å². The van der Waals surface area contributed by atoms with E-state index < -0.39 is 12.4 Å². The maximum atomic E-state index is 11.1. The highest BCUT2D eigenvalue weighted by molar-refractivity contribution is 5.72. The minimum atomic E-state index is -0.581. The van der Waals surface area contributed by atoms with Crippen LogP contribution < -0.4 is 0 Å². The molecule has 0 bridgehead atoms. The lowest BCUT2D eigenvalue weighted by atomic mass is 9.93. The average Bonchev–Trinajstić information content (AvgIpc) is 3.71. The molecule has 41 heavy (non-hydrogen) atoms. The Kier molecular flexibility index (Phi) is 15.1. The molecule has 3 saturated carbocycles. The van der Waals surface area contributed by atoms with Gasteiger partial charge in [0.1, 0.15) is 6.10 Å². The van der Waals surface area contributed by atoms with Crippen molar-refractivity contribution in [3.63, 3.8) is 0 Å². The van der Waals surface area contributed by atoms with Gasteiger partial charge in [-0.15, -0.1) is 0 Å². The number of ether oxygens (including phenoxy) is 8. The summed E-state index contributed by atoms with van der Waals surface area (Å²) in [7, 11) is 10.1. The quantitative estimate of drug-likeness (QED) is 0.303. The fraction of sp³-hybridized carbons (Fsp3) is 0.900. The number of hydrogen-bond donors (Lipinski definition) is 2. The molecule has 5 fully saturated rings. The van der Waals surface area contributed by atoms with Crippen LogP contribution in [0.15, 0.2) is 12.2 Å². The van der Waals surface area contributed by atoms with Crippen LogP contribution in [0.25, 0.3) is 0 Å². The number of rotatable bonds is 9. The smallest absolute Gasteiger partial charge is 0.306 e. The van der Waals surface area contributed by atoms with Gasteiger partial charge >= 0.3 is 5.97 Å². The Bertz CT molecular complexity index is 794. The third kappa shape index (κ3) is 8.70. The molecule has 2 N–H and O–H groups in total. The molecule has 0 spiro atoms. The van der Waals surface area contributed by atoms with Crippen molar-refractivity contribution in [3.05, 3.63) is 12.2 Å². The number of hydrogen-bond acceptors (Lipinski definition) is 11. The van der Waals surface area contributed by atoms with Gasteiger partial charge in [0.25, 0.3) is 0 Å². The Morgan fingerprint density at radius 1 is 0.756 bits per heavy atom. The van der Waals surface area contributed by atoms with Gasteiger partial charge in [0.15, 0.2) is 6.29 Å². The predicted octanol–water partition coefficient (Wildman–Crippen LogP) is 2.21. The molecule has 2 aliphatic heterocycles. The number of aliphatic hydroxyl groups excluding tert-OH is 2. The maximum Gasteiger partial charge on any atom is 0.306 e. The van der Waals surface area contributed by atoms with Crippen LogP contribution in [0.3, 0.4) is 0 Å². The monoisotopic (exact) mass is 590 g/mol. The minimum absolute atomic E-state index is 0. The summed E-state index contributed by atoms with van der Waals surface area (Å²) >= 11 is 0. The highest BCUT2D eigenvalue weighted by Gasteiger charge is 2.51. The van der Waals surface area contributed by atoms with Crippen molar-refractivity contribution in [1.82, 2.24) is 0 Å². The van der Waals surface area contributed by atoms with Gasteiger partial charge in [-0.2, -0.15) is 0 Å². The highest BCUT2D eigenvalue weighted by atomic mass is 16.6. The van der Waals surface area contributed by atoms with E-state index in [1.165, 1.54) is 0 Å². The Hall–Kier alpha value is -1.15. The molecule has 0 aromatic carbocycles. The van der Waals surface area contributed by atoms with E-state index in [0.717, 1.165) is 24.8 Å². The molecular weight excluding hydrogens is 536 g/mol. The molecule has 5 aliphatic rings. The third-order valence-corrected chi connectivity index (χ3v) is 9.21. The van der Waals surface area contributed by atoms with Crippen molar-refractivity contribution >= 4 is 5.97 Å². The zero-order chi connectivity index (χ0) is 29.4. The number of fused-ring (bicyclic) bond motifs is 2. The van der Waals surface area contributed by atoms with E-state index in [2.05, 4.69) is 6.58 Å². The first-order valence-electron chi connectivity index (χ1n) is 14.2. The van der Waals surface area contributed by atoms with E-state index in [4.69, 9.17) is 37.9 Å². The van der Waals surface area contributed by atoms with E-state index in [0.29, 0.717) is 56.3 Å². The summed E-state index contributed by atoms with van der Waals surface area (Å²) < 4.78 is 42.0. The summed E-state index contributed by atoms with van der Waals surface area (Å²) in [5, 5.41) is 18.8. The average molecular weight is 591 g/mol. The number of methoxy groups -OCH3 is 6. The van der Waals surface area contributed by atoms with Gasteiger partial charge in [0.2, 0.25) is 0 Å². The van der Waals surface area contributed by atoms with Gasteiger partial charge in [0.05, 0.1) is 56.8 Å². The summed E-state index contributed by atoms with van der Waals surface area (Å²) in [6.45, 7) is 5.74. The van der Waals surface area contributed by atoms with E-state index in [9.17, 15) is 15.0 Å². The number of esters is 1. The first-order valence-corrected chi connectivity index (χ1v) is 14.2. The van der Waals surface area contributed by atoms with Crippen molar-refractivity contribution in [1.29, 1.82) is 0 Å². The van der Waals surface area contributed by atoms with E-state index in [1.54, 1.807) is 42.7 Å². The second kappa shape index (κ2) is 17.2. The molecule has 2 saturated heterocycles. The van der Waals surface area contributed by atoms with Crippen LogP contribution in [0, 0.1) is 29.6 Å². The largest absolute Gasteiger partial charge is 0.462 e. The maximum absolute atomic E-state index is 11.1. The van der Waals surface area contributed by atoms with Crippen molar-refractivity contribution in [2.24, 2.45) is 29.6 Å². The lowest BCUT2D eigenvalue weighted by molar-refractivity contribution is -0.142. The summed E-state index contributed by atoms with van der Waals surface area (Å²) in [5.41, 5.74) is 0.837. The number of carbonyl (C=O) groups excluding carboxylic acids is 1. The van der Waals surface area contributed by atoms with Crippen LogP contribution in [-0.2, 0) is 42.7 Å². The Morgan fingerprint density at radius 2 is 1.29 bits per heavy atom. The number of carbonyl (C=O) groups is 1. The SMILES string of the molecule is C.C=C1[C@H](O)C[C@H](OC)[C@H]1COC.COC[C@H]1C2CC(=O)O[C@@H]2C[C@@H]1OC.COC[C@H]1C2CC(O)O[C@@H]2C[C@@H]1OC. The van der Waals surface area contributed by atoms with Crippen LogP contribution in [0.4, 0.5) is 0 Å². The first kappa shape index (κ1) is 36.0. The standard InChI is InChI=1S/C10H18O4.C10H16O4.C9H16O3.CH4/c2*1-12-5-7-6-3-10(11)14-9(6)4-8(7)13-2;1-6-7(5-11-2)9(12-3)4-8(6)10;/h6-11H,3-5H2,1-2H3;6-9H,3-5H2,1-2H3;7-10H,1,4-5H2,2-3H3;1H4/t6?,7-,8-,9+,10?;6?,7-,8-,9+;7-,8+,9-;/m000./s1. The summed E-state index contributed by atoms with van der Waals surface area (Å²) in [5.74, 6) is 1.45. The molecule has 5 rings (SSSR count). The second-order valence-electron chi connectivity index (χ2n) is 11.3. The van der Waals surface area contributed by atoms with E-state index in [-0.39, 0.29) is 49.8 Å². The van der Waals surface area contributed by atoms with E-state index >= 15 is 0 Å². The predicted molar refractivity (Wildman–Crippen MR) is 151 cm³/mol. The van der Waals surface area contributed by atoms with Crippen LogP contribution in [0.2, 0.25) is 0 Å². The zero-order valence-corrected chi connectivity index (χ0v) is 24.9. The molecule has 3 aliphatic carbocycles. The van der Waals surface area contributed by atoms with Crippen LogP contribution in [0.1, 0.15) is 39.5 Å². The summed E-state index contributed by atoms with van der Waals surface area (Å²) in [6.07, 6.45) is 3.27. The van der Waals surface area contributed by atoms with Gasteiger partial charge in [0, 0.05) is 92.0 Å². The van der Waals surface area contributed by atoms with Crippen molar-refractivity contribution in [3.8, 4) is 0 Å². The van der Waals surface area contributed by atoms with Gasteiger partial charge in [-0.1, -0.05) is 14.0 Å². The lowest BCUT2D eigenvalue weighted by Gasteiger charge is -2.21. The topological polar surface area (TPSA) is 131 Å². The van der Waals surface area contributed by atoms with Crippen molar-refractivity contribution < 1.29 is 52.9 Å². The van der Waals surface area contributed by atoms with Gasteiger partial charge in [-0.25, -0.2) is 0 Å². The first-order chi connectivity index (χ1) is 19.2. The number of aliphatic hydroxyl groups is 2. The second-order valence-corrected chi connectivity index (χ2v) is 11.3. The van der Waals surface area contributed by atoms with Gasteiger partial charge < -0.3 is 48.1 Å². The normalized spacial score (nSPS) is 40.6. The molecular formula is C30H54O11. The fourth-order valence-electron chi connectivity index (χ4n) is 7.13. The molecule has 3 unspecified atom stereocenters. The van der Waals surface area contributed by atoms with Gasteiger partial charge in [-0.3, -0.25) is 4.79 Å². The molecule has 0 amide bonds.